The van der Waals surface area contributed by atoms with Gasteiger partial charge in [-0.05, 0) is 28.1 Å². The molecule has 0 amide bonds. The van der Waals surface area contributed by atoms with E-state index >= 15 is 0 Å². The molecule has 0 spiro atoms. The van der Waals surface area contributed by atoms with Gasteiger partial charge < -0.3 is 5.32 Å². The summed E-state index contributed by atoms with van der Waals surface area (Å²) in [6.45, 7) is 1.40. The average Bonchev–Trinajstić information content (AvgIpc) is 2.64. The van der Waals surface area contributed by atoms with Crippen LogP contribution in [-0.2, 0) is 0 Å². The molecule has 0 radical (unpaired) electrons. The number of halogens is 3. The molecule has 1 aromatic rings. The van der Waals surface area contributed by atoms with Gasteiger partial charge in [0.1, 0.15) is 5.84 Å². The number of benzene rings is 1. The van der Waals surface area contributed by atoms with E-state index < -0.39 is 11.6 Å². The third kappa shape index (κ3) is 1.64. The van der Waals surface area contributed by atoms with E-state index in [4.69, 9.17) is 0 Å². The van der Waals surface area contributed by atoms with Crippen LogP contribution in [0.1, 0.15) is 5.56 Å². The standard InChI is InChI=1S/C9H7BrF2N2/c10-6-4-8(12)7(11)3-5(6)9-13-1-2-14-9/h3-4H,1-2H2,(H,13,14). The van der Waals surface area contributed by atoms with Gasteiger partial charge in [0.05, 0.1) is 6.54 Å². The summed E-state index contributed by atoms with van der Waals surface area (Å²) in [5, 5.41) is 2.99. The van der Waals surface area contributed by atoms with Crippen LogP contribution in [0.15, 0.2) is 21.6 Å². The van der Waals surface area contributed by atoms with E-state index in [1.807, 2.05) is 0 Å². The van der Waals surface area contributed by atoms with Gasteiger partial charge in [0, 0.05) is 16.6 Å². The topological polar surface area (TPSA) is 24.4 Å². The molecule has 1 heterocycles. The van der Waals surface area contributed by atoms with Crippen molar-refractivity contribution in [2.45, 2.75) is 0 Å². The first kappa shape index (κ1) is 9.58. The maximum absolute atomic E-state index is 12.9. The number of amidine groups is 1. The van der Waals surface area contributed by atoms with E-state index in [9.17, 15) is 8.78 Å². The van der Waals surface area contributed by atoms with E-state index in [2.05, 4.69) is 26.2 Å². The van der Waals surface area contributed by atoms with Crippen LogP contribution in [0, 0.1) is 11.6 Å². The summed E-state index contributed by atoms with van der Waals surface area (Å²) < 4.78 is 26.2. The molecule has 2 nitrogen and oxygen atoms in total. The van der Waals surface area contributed by atoms with Gasteiger partial charge in [-0.1, -0.05) is 0 Å². The lowest BCUT2D eigenvalue weighted by Gasteiger charge is -2.05. The lowest BCUT2D eigenvalue weighted by molar-refractivity contribution is 0.507. The SMILES string of the molecule is Fc1cc(Br)c(C2=NCCN2)cc1F. The minimum absolute atomic E-state index is 0.504. The largest absolute Gasteiger partial charge is 0.368 e. The smallest absolute Gasteiger partial charge is 0.159 e. The fourth-order valence-corrected chi connectivity index (χ4v) is 1.79. The van der Waals surface area contributed by atoms with Crippen LogP contribution in [0.2, 0.25) is 0 Å². The lowest BCUT2D eigenvalue weighted by atomic mass is 10.2. The van der Waals surface area contributed by atoms with E-state index in [1.165, 1.54) is 0 Å². The van der Waals surface area contributed by atoms with Gasteiger partial charge in [-0.15, -0.1) is 0 Å². The van der Waals surface area contributed by atoms with E-state index in [1.54, 1.807) is 0 Å². The van der Waals surface area contributed by atoms with Crippen LogP contribution in [-0.4, -0.2) is 18.9 Å². The quantitative estimate of drug-likeness (QED) is 0.769. The van der Waals surface area contributed by atoms with Crippen LogP contribution in [0.25, 0.3) is 0 Å². The molecule has 0 unspecified atom stereocenters. The van der Waals surface area contributed by atoms with Gasteiger partial charge in [-0.25, -0.2) is 8.78 Å². The van der Waals surface area contributed by atoms with Gasteiger partial charge >= 0.3 is 0 Å². The number of rotatable bonds is 1. The van der Waals surface area contributed by atoms with Crippen molar-refractivity contribution in [2.24, 2.45) is 4.99 Å². The van der Waals surface area contributed by atoms with Crippen LogP contribution >= 0.6 is 15.9 Å². The molecule has 14 heavy (non-hydrogen) atoms. The predicted octanol–water partition coefficient (Wildman–Crippen LogP) is 2.08. The highest BCUT2D eigenvalue weighted by atomic mass is 79.9. The summed E-state index contributed by atoms with van der Waals surface area (Å²) in [5.74, 6) is -1.12. The maximum atomic E-state index is 12.9. The molecule has 1 aliphatic heterocycles. The molecule has 0 atom stereocenters. The summed E-state index contributed by atoms with van der Waals surface area (Å²) in [4.78, 5) is 4.12. The van der Waals surface area contributed by atoms with Gasteiger partial charge in [-0.3, -0.25) is 4.99 Å². The zero-order chi connectivity index (χ0) is 10.1. The Morgan fingerprint density at radius 1 is 1.29 bits per heavy atom. The Kier molecular flexibility index (Phi) is 2.50. The molecule has 0 aromatic heterocycles. The van der Waals surface area contributed by atoms with Crippen molar-refractivity contribution in [3.8, 4) is 0 Å². The zero-order valence-electron chi connectivity index (χ0n) is 7.15. The fraction of sp³-hybridized carbons (Fsp3) is 0.222. The van der Waals surface area contributed by atoms with Crippen molar-refractivity contribution in [1.82, 2.24) is 5.32 Å². The Hall–Kier alpha value is -0.970. The molecule has 0 fully saturated rings. The first-order valence-electron chi connectivity index (χ1n) is 4.12. The Balaban J connectivity index is 2.47. The monoisotopic (exact) mass is 260 g/mol. The minimum Gasteiger partial charge on any atom is -0.368 e. The highest BCUT2D eigenvalue weighted by Gasteiger charge is 2.14. The Morgan fingerprint density at radius 2 is 2.00 bits per heavy atom. The molecule has 0 aliphatic carbocycles. The summed E-state index contributed by atoms with van der Waals surface area (Å²) in [6.07, 6.45) is 0. The van der Waals surface area contributed by atoms with E-state index in [-0.39, 0.29) is 0 Å². The second-order valence-corrected chi connectivity index (χ2v) is 3.76. The van der Waals surface area contributed by atoms with Crippen molar-refractivity contribution in [2.75, 3.05) is 13.1 Å². The summed E-state index contributed by atoms with van der Waals surface area (Å²) in [5.41, 5.74) is 0.557. The molecule has 1 aliphatic rings. The zero-order valence-corrected chi connectivity index (χ0v) is 8.74. The highest BCUT2D eigenvalue weighted by Crippen LogP contribution is 2.21. The average molecular weight is 261 g/mol. The minimum atomic E-state index is -0.862. The molecule has 1 N–H and O–H groups in total. The van der Waals surface area contributed by atoms with Gasteiger partial charge in [0.15, 0.2) is 11.6 Å². The van der Waals surface area contributed by atoms with E-state index in [0.717, 1.165) is 18.7 Å². The summed E-state index contributed by atoms with van der Waals surface area (Å²) in [6, 6.07) is 2.24. The third-order valence-corrected chi connectivity index (χ3v) is 2.60. The second-order valence-electron chi connectivity index (χ2n) is 2.90. The molecule has 5 heteroatoms. The van der Waals surface area contributed by atoms with Gasteiger partial charge in [-0.2, -0.15) is 0 Å². The number of hydrogen-bond donors (Lipinski definition) is 1. The van der Waals surface area contributed by atoms with Crippen LogP contribution in [0.5, 0.6) is 0 Å². The van der Waals surface area contributed by atoms with Crippen molar-refractivity contribution >= 4 is 21.8 Å². The van der Waals surface area contributed by atoms with Crippen LogP contribution in [0.3, 0.4) is 0 Å². The normalized spacial score (nSPS) is 15.2. The predicted molar refractivity (Wildman–Crippen MR) is 53.5 cm³/mol. The molecule has 74 valence electrons. The first-order chi connectivity index (χ1) is 6.68. The summed E-state index contributed by atoms with van der Waals surface area (Å²) in [7, 11) is 0. The number of nitrogens with one attached hydrogen (secondary N) is 1. The highest BCUT2D eigenvalue weighted by molar-refractivity contribution is 9.10. The molecular formula is C9H7BrF2N2. The lowest BCUT2D eigenvalue weighted by Crippen LogP contribution is -2.20. The fourth-order valence-electron chi connectivity index (χ4n) is 1.28. The Morgan fingerprint density at radius 3 is 2.64 bits per heavy atom. The van der Waals surface area contributed by atoms with Crippen molar-refractivity contribution in [1.29, 1.82) is 0 Å². The molecule has 2 rings (SSSR count). The van der Waals surface area contributed by atoms with Crippen molar-refractivity contribution in [3.63, 3.8) is 0 Å². The van der Waals surface area contributed by atoms with Crippen molar-refractivity contribution < 1.29 is 8.78 Å². The second kappa shape index (κ2) is 3.65. The van der Waals surface area contributed by atoms with Gasteiger partial charge in [0.2, 0.25) is 0 Å². The first-order valence-corrected chi connectivity index (χ1v) is 4.91. The molecule has 0 saturated carbocycles. The molecular weight excluding hydrogens is 254 g/mol. The van der Waals surface area contributed by atoms with E-state index in [0.29, 0.717) is 22.4 Å². The maximum Gasteiger partial charge on any atom is 0.159 e. The number of nitrogens with zero attached hydrogens (tertiary/aromatic N) is 1. The molecule has 0 saturated heterocycles. The van der Waals surface area contributed by atoms with Gasteiger partial charge in [0.25, 0.3) is 0 Å². The molecule has 0 bridgehead atoms. The van der Waals surface area contributed by atoms with Crippen LogP contribution in [0.4, 0.5) is 8.78 Å². The Bertz CT molecular complexity index is 404. The van der Waals surface area contributed by atoms with Crippen molar-refractivity contribution in [3.05, 3.63) is 33.8 Å². The summed E-state index contributed by atoms with van der Waals surface area (Å²) >= 11 is 3.16. The van der Waals surface area contributed by atoms with Crippen LogP contribution < -0.4 is 5.32 Å². The number of aliphatic imine (C=N–C) groups is 1. The Labute approximate surface area is 88.2 Å². The number of hydrogen-bond acceptors (Lipinski definition) is 2. The molecule has 1 aromatic carbocycles. The third-order valence-electron chi connectivity index (χ3n) is 1.94.